The predicted molar refractivity (Wildman–Crippen MR) is 51.1 cm³/mol. The molecule has 0 aliphatic rings. The van der Waals surface area contributed by atoms with Crippen LogP contribution in [0.3, 0.4) is 0 Å². The molecule has 68 valence electrons. The third kappa shape index (κ3) is 1.40. The minimum Gasteiger partial charge on any atom is -0.339 e. The van der Waals surface area contributed by atoms with Gasteiger partial charge in [-0.3, -0.25) is 0 Å². The number of rotatable bonds is 2. The summed E-state index contributed by atoms with van der Waals surface area (Å²) in [5, 5.41) is 0. The molecule has 2 heterocycles. The lowest BCUT2D eigenvalue weighted by molar-refractivity contribution is 0.660. The van der Waals surface area contributed by atoms with Crippen LogP contribution in [0.15, 0.2) is 18.3 Å². The number of nitrogens with two attached hydrogens (primary N) is 1. The Kier molecular flexibility index (Phi) is 1.98. The molecule has 1 unspecified atom stereocenters. The zero-order valence-electron chi connectivity index (χ0n) is 7.49. The van der Waals surface area contributed by atoms with Crippen molar-refractivity contribution in [1.29, 1.82) is 0 Å². The van der Waals surface area contributed by atoms with Gasteiger partial charge in [-0.1, -0.05) is 6.92 Å². The van der Waals surface area contributed by atoms with Crippen molar-refractivity contribution in [3.8, 4) is 0 Å². The standard InChI is InChI=1S/C9H12N4/c1-2-6(10)8-12-7-4-3-5-11-9(7)13-8/h3-6H,2,10H2,1H3,(H,11,12,13). The molecule has 0 bridgehead atoms. The molecule has 2 aromatic rings. The van der Waals surface area contributed by atoms with Crippen LogP contribution in [0.5, 0.6) is 0 Å². The molecule has 4 heteroatoms. The van der Waals surface area contributed by atoms with Gasteiger partial charge in [0.2, 0.25) is 0 Å². The molecule has 13 heavy (non-hydrogen) atoms. The average Bonchev–Trinajstić information content (AvgIpc) is 2.59. The van der Waals surface area contributed by atoms with Crippen molar-refractivity contribution < 1.29 is 0 Å². The number of hydrogen-bond acceptors (Lipinski definition) is 3. The van der Waals surface area contributed by atoms with E-state index in [9.17, 15) is 0 Å². The van der Waals surface area contributed by atoms with Gasteiger partial charge in [-0.2, -0.15) is 0 Å². The van der Waals surface area contributed by atoms with Crippen LogP contribution in [0.1, 0.15) is 25.2 Å². The number of imidazole rings is 1. The molecule has 0 aliphatic heterocycles. The molecule has 4 nitrogen and oxygen atoms in total. The third-order valence-electron chi connectivity index (χ3n) is 2.07. The molecule has 2 rings (SSSR count). The molecule has 0 aliphatic carbocycles. The van der Waals surface area contributed by atoms with E-state index in [1.807, 2.05) is 19.1 Å². The Morgan fingerprint density at radius 1 is 1.62 bits per heavy atom. The van der Waals surface area contributed by atoms with E-state index in [0.29, 0.717) is 0 Å². The normalized spacial score (nSPS) is 13.4. The van der Waals surface area contributed by atoms with E-state index in [1.165, 1.54) is 0 Å². The molecule has 2 aromatic heterocycles. The van der Waals surface area contributed by atoms with Gasteiger partial charge in [0, 0.05) is 6.20 Å². The van der Waals surface area contributed by atoms with Crippen molar-refractivity contribution in [3.05, 3.63) is 24.2 Å². The Hall–Kier alpha value is -1.42. The van der Waals surface area contributed by atoms with Gasteiger partial charge >= 0.3 is 0 Å². The molecule has 0 spiro atoms. The van der Waals surface area contributed by atoms with Crippen molar-refractivity contribution in [2.75, 3.05) is 0 Å². The summed E-state index contributed by atoms with van der Waals surface area (Å²) in [4.78, 5) is 11.6. The van der Waals surface area contributed by atoms with E-state index < -0.39 is 0 Å². The minimum atomic E-state index is -0.0193. The summed E-state index contributed by atoms with van der Waals surface area (Å²) in [5.74, 6) is 0.816. The van der Waals surface area contributed by atoms with Crippen molar-refractivity contribution in [2.45, 2.75) is 19.4 Å². The second kappa shape index (κ2) is 3.14. The summed E-state index contributed by atoms with van der Waals surface area (Å²) in [6.07, 6.45) is 2.60. The predicted octanol–water partition coefficient (Wildman–Crippen LogP) is 1.37. The summed E-state index contributed by atoms with van der Waals surface area (Å²) in [6, 6.07) is 3.80. The molecular weight excluding hydrogens is 164 g/mol. The molecule has 0 radical (unpaired) electrons. The highest BCUT2D eigenvalue weighted by Gasteiger charge is 2.08. The van der Waals surface area contributed by atoms with Crippen molar-refractivity contribution in [3.63, 3.8) is 0 Å². The largest absolute Gasteiger partial charge is 0.339 e. The number of fused-ring (bicyclic) bond motifs is 1. The maximum atomic E-state index is 5.84. The van der Waals surface area contributed by atoms with Crippen LogP contribution in [0.25, 0.3) is 11.2 Å². The average molecular weight is 176 g/mol. The fourth-order valence-electron chi connectivity index (χ4n) is 1.23. The molecule has 3 N–H and O–H groups in total. The van der Waals surface area contributed by atoms with Crippen LogP contribution < -0.4 is 5.73 Å². The van der Waals surface area contributed by atoms with Crippen LogP contribution in [0.4, 0.5) is 0 Å². The van der Waals surface area contributed by atoms with E-state index in [-0.39, 0.29) is 6.04 Å². The Morgan fingerprint density at radius 3 is 3.15 bits per heavy atom. The maximum Gasteiger partial charge on any atom is 0.177 e. The van der Waals surface area contributed by atoms with Crippen LogP contribution in [-0.2, 0) is 0 Å². The first kappa shape index (κ1) is 8.19. The number of aromatic nitrogens is 3. The van der Waals surface area contributed by atoms with Crippen LogP contribution in [0, 0.1) is 0 Å². The Labute approximate surface area is 76.2 Å². The smallest absolute Gasteiger partial charge is 0.177 e. The number of nitrogens with zero attached hydrogens (tertiary/aromatic N) is 2. The fraction of sp³-hybridized carbons (Fsp3) is 0.333. The van der Waals surface area contributed by atoms with Crippen molar-refractivity contribution >= 4 is 11.2 Å². The maximum absolute atomic E-state index is 5.84. The molecule has 1 atom stereocenters. The number of pyridine rings is 1. The lowest BCUT2D eigenvalue weighted by Gasteiger charge is -2.01. The van der Waals surface area contributed by atoms with E-state index in [0.717, 1.165) is 23.4 Å². The van der Waals surface area contributed by atoms with Gasteiger partial charge < -0.3 is 10.7 Å². The molecule has 0 saturated carbocycles. The van der Waals surface area contributed by atoms with E-state index in [1.54, 1.807) is 6.20 Å². The topological polar surface area (TPSA) is 67.6 Å². The second-order valence-electron chi connectivity index (χ2n) is 3.01. The molecule has 0 fully saturated rings. The Morgan fingerprint density at radius 2 is 2.46 bits per heavy atom. The molecule has 0 saturated heterocycles. The summed E-state index contributed by atoms with van der Waals surface area (Å²) in [6.45, 7) is 2.03. The first-order valence-electron chi connectivity index (χ1n) is 4.37. The van der Waals surface area contributed by atoms with Crippen LogP contribution in [0.2, 0.25) is 0 Å². The first-order chi connectivity index (χ1) is 6.31. The highest BCUT2D eigenvalue weighted by molar-refractivity contribution is 5.69. The van der Waals surface area contributed by atoms with E-state index in [2.05, 4.69) is 15.0 Å². The highest BCUT2D eigenvalue weighted by Crippen LogP contribution is 2.13. The SMILES string of the molecule is CCC(N)c1nc2ncccc2[nH]1. The van der Waals surface area contributed by atoms with Crippen LogP contribution in [-0.4, -0.2) is 15.0 Å². The molecule has 0 amide bonds. The lowest BCUT2D eigenvalue weighted by atomic mass is 10.2. The van der Waals surface area contributed by atoms with E-state index in [4.69, 9.17) is 5.73 Å². The minimum absolute atomic E-state index is 0.0193. The van der Waals surface area contributed by atoms with Gasteiger partial charge in [0.15, 0.2) is 5.65 Å². The number of nitrogens with one attached hydrogen (secondary N) is 1. The number of aromatic amines is 1. The first-order valence-corrected chi connectivity index (χ1v) is 4.37. The Bertz CT molecular complexity index is 374. The van der Waals surface area contributed by atoms with Crippen LogP contribution >= 0.6 is 0 Å². The summed E-state index contributed by atoms with van der Waals surface area (Å²) in [5.41, 5.74) is 7.52. The quantitative estimate of drug-likeness (QED) is 0.726. The molecular formula is C9H12N4. The summed E-state index contributed by atoms with van der Waals surface area (Å²) < 4.78 is 0. The summed E-state index contributed by atoms with van der Waals surface area (Å²) in [7, 11) is 0. The van der Waals surface area contributed by atoms with Gasteiger partial charge in [0.05, 0.1) is 11.6 Å². The number of hydrogen-bond donors (Lipinski definition) is 2. The lowest BCUT2D eigenvalue weighted by Crippen LogP contribution is -2.10. The Balaban J connectivity index is 2.49. The van der Waals surface area contributed by atoms with Gasteiger partial charge in [0.1, 0.15) is 5.82 Å². The fourth-order valence-corrected chi connectivity index (χ4v) is 1.23. The highest BCUT2D eigenvalue weighted by atomic mass is 15.0. The zero-order chi connectivity index (χ0) is 9.26. The second-order valence-corrected chi connectivity index (χ2v) is 3.01. The van der Waals surface area contributed by atoms with Gasteiger partial charge in [-0.05, 0) is 18.6 Å². The number of H-pyrrole nitrogens is 1. The summed E-state index contributed by atoms with van der Waals surface area (Å²) >= 11 is 0. The monoisotopic (exact) mass is 176 g/mol. The van der Waals surface area contributed by atoms with Crippen molar-refractivity contribution in [2.24, 2.45) is 5.73 Å². The zero-order valence-corrected chi connectivity index (χ0v) is 7.49. The van der Waals surface area contributed by atoms with E-state index >= 15 is 0 Å². The van der Waals surface area contributed by atoms with Crippen molar-refractivity contribution in [1.82, 2.24) is 15.0 Å². The van der Waals surface area contributed by atoms with Gasteiger partial charge in [-0.15, -0.1) is 0 Å². The third-order valence-corrected chi connectivity index (χ3v) is 2.07. The molecule has 0 aromatic carbocycles. The van der Waals surface area contributed by atoms with Gasteiger partial charge in [-0.25, -0.2) is 9.97 Å². The van der Waals surface area contributed by atoms with Gasteiger partial charge in [0.25, 0.3) is 0 Å².